The summed E-state index contributed by atoms with van der Waals surface area (Å²) in [4.78, 5) is 39.2. The Bertz CT molecular complexity index is 857. The highest BCUT2D eigenvalue weighted by atomic mass is 16.4. The minimum absolute atomic E-state index is 0.0977. The molecule has 1 rings (SSSR count). The molecule has 0 saturated carbocycles. The van der Waals surface area contributed by atoms with E-state index >= 15 is 0 Å². The number of carbonyl (C=O) groups excluding carboxylic acids is 3. The zero-order chi connectivity index (χ0) is 28.7. The molecule has 0 radical (unpaired) electrons. The van der Waals surface area contributed by atoms with E-state index in [1.165, 1.54) is 80.5 Å². The highest BCUT2D eigenvalue weighted by Crippen LogP contribution is 2.31. The van der Waals surface area contributed by atoms with Crippen molar-refractivity contribution in [1.29, 1.82) is 0 Å². The molecule has 36 heavy (non-hydrogen) atoms. The third kappa shape index (κ3) is 7.50. The van der Waals surface area contributed by atoms with Gasteiger partial charge in [0.05, 0.1) is 33.6 Å². The van der Waals surface area contributed by atoms with Gasteiger partial charge in [0.2, 0.25) is 0 Å². The Morgan fingerprint density at radius 2 is 0.639 bits per heavy atom. The Labute approximate surface area is 212 Å². The summed E-state index contributed by atoms with van der Waals surface area (Å²) in [6, 6.07) is 3.66. The Morgan fingerprint density at radius 1 is 0.472 bits per heavy atom. The highest BCUT2D eigenvalue weighted by molar-refractivity contribution is 6.06. The lowest BCUT2D eigenvalue weighted by Crippen LogP contribution is -2.49. The maximum absolute atomic E-state index is 13.1. The standard InChI is InChI=1S/C27H42O9/c1-22(2,31)25(7,34)13-19(28)16-10-17(20(29)14-26(8,35)23(3,4)32)12-18(11-16)21(30)15-27(9,36)24(5,6)33/h10-12,31-36H,13-15H2,1-9H3. The van der Waals surface area contributed by atoms with Gasteiger partial charge in [0.25, 0.3) is 0 Å². The van der Waals surface area contributed by atoms with E-state index in [0.717, 1.165) is 0 Å². The molecule has 0 heterocycles. The maximum Gasteiger partial charge on any atom is 0.165 e. The first kappa shape index (κ1) is 32.0. The van der Waals surface area contributed by atoms with Gasteiger partial charge in [-0.1, -0.05) is 0 Å². The fraction of sp³-hybridized carbons (Fsp3) is 0.667. The summed E-state index contributed by atoms with van der Waals surface area (Å²) in [5, 5.41) is 62.5. The lowest BCUT2D eigenvalue weighted by atomic mass is 9.79. The van der Waals surface area contributed by atoms with Crippen molar-refractivity contribution in [1.82, 2.24) is 0 Å². The van der Waals surface area contributed by atoms with Gasteiger partial charge in [-0.3, -0.25) is 14.4 Å². The number of benzene rings is 1. The van der Waals surface area contributed by atoms with Crippen LogP contribution in [0.2, 0.25) is 0 Å². The van der Waals surface area contributed by atoms with Crippen LogP contribution in [-0.4, -0.2) is 81.6 Å². The van der Waals surface area contributed by atoms with Crippen LogP contribution in [-0.2, 0) is 0 Å². The van der Waals surface area contributed by atoms with Gasteiger partial charge >= 0.3 is 0 Å². The molecule has 1 aromatic rings. The summed E-state index contributed by atoms with van der Waals surface area (Å²) in [5.74, 6) is -1.97. The van der Waals surface area contributed by atoms with E-state index < -0.39 is 70.2 Å². The second-order valence-electron chi connectivity index (χ2n) is 12.1. The summed E-state index contributed by atoms with van der Waals surface area (Å²) in [7, 11) is 0. The van der Waals surface area contributed by atoms with Crippen LogP contribution in [0, 0.1) is 0 Å². The molecule has 9 heteroatoms. The predicted molar refractivity (Wildman–Crippen MR) is 134 cm³/mol. The van der Waals surface area contributed by atoms with Gasteiger partial charge < -0.3 is 30.6 Å². The van der Waals surface area contributed by atoms with Gasteiger partial charge in [0.1, 0.15) is 0 Å². The number of rotatable bonds is 12. The lowest BCUT2D eigenvalue weighted by Gasteiger charge is -2.35. The van der Waals surface area contributed by atoms with E-state index in [9.17, 15) is 45.0 Å². The number of ketones is 3. The summed E-state index contributed by atoms with van der Waals surface area (Å²) < 4.78 is 0. The molecule has 204 valence electrons. The second-order valence-corrected chi connectivity index (χ2v) is 12.1. The molecular weight excluding hydrogens is 468 g/mol. The van der Waals surface area contributed by atoms with Crippen molar-refractivity contribution in [3.8, 4) is 0 Å². The molecule has 0 aromatic heterocycles. The van der Waals surface area contributed by atoms with Crippen molar-refractivity contribution < 1.29 is 45.0 Å². The minimum Gasteiger partial charge on any atom is -0.387 e. The summed E-state index contributed by atoms with van der Waals surface area (Å²) in [6.45, 7) is 11.9. The molecule has 3 unspecified atom stereocenters. The molecule has 0 fully saturated rings. The third-order valence-electron chi connectivity index (χ3n) is 7.37. The Hall–Kier alpha value is -2.01. The van der Waals surface area contributed by atoms with Gasteiger partial charge in [-0.05, 0) is 80.5 Å². The molecule has 0 aliphatic rings. The third-order valence-corrected chi connectivity index (χ3v) is 7.37. The molecule has 1 aromatic carbocycles. The topological polar surface area (TPSA) is 173 Å². The first-order chi connectivity index (χ1) is 15.7. The van der Waals surface area contributed by atoms with Crippen molar-refractivity contribution in [2.24, 2.45) is 0 Å². The Balaban J connectivity index is 3.57. The number of carbonyl (C=O) groups is 3. The van der Waals surface area contributed by atoms with Crippen molar-refractivity contribution >= 4 is 17.3 Å². The van der Waals surface area contributed by atoms with Crippen molar-refractivity contribution in [3.63, 3.8) is 0 Å². The first-order valence-corrected chi connectivity index (χ1v) is 11.8. The smallest absolute Gasteiger partial charge is 0.165 e. The Kier molecular flexibility index (Phi) is 8.93. The highest BCUT2D eigenvalue weighted by Gasteiger charge is 2.42. The van der Waals surface area contributed by atoms with Gasteiger partial charge in [0.15, 0.2) is 17.3 Å². The van der Waals surface area contributed by atoms with E-state index in [2.05, 4.69) is 0 Å². The lowest BCUT2D eigenvalue weighted by molar-refractivity contribution is -0.117. The molecule has 3 atom stereocenters. The van der Waals surface area contributed by atoms with Crippen molar-refractivity contribution in [3.05, 3.63) is 34.9 Å². The largest absolute Gasteiger partial charge is 0.387 e. The van der Waals surface area contributed by atoms with Crippen LogP contribution in [0.5, 0.6) is 0 Å². The van der Waals surface area contributed by atoms with Crippen LogP contribution in [0.15, 0.2) is 18.2 Å². The van der Waals surface area contributed by atoms with Gasteiger partial charge in [-0.25, -0.2) is 0 Å². The summed E-state index contributed by atoms with van der Waals surface area (Å²) >= 11 is 0. The second kappa shape index (κ2) is 10.0. The van der Waals surface area contributed by atoms with E-state index in [-0.39, 0.29) is 16.7 Å². The van der Waals surface area contributed by atoms with E-state index in [1.54, 1.807) is 0 Å². The number of hydrogen-bond acceptors (Lipinski definition) is 9. The molecule has 0 saturated heterocycles. The van der Waals surface area contributed by atoms with E-state index in [1.807, 2.05) is 0 Å². The van der Waals surface area contributed by atoms with Crippen molar-refractivity contribution in [2.45, 2.75) is 115 Å². The van der Waals surface area contributed by atoms with E-state index in [0.29, 0.717) is 0 Å². The fourth-order valence-electron chi connectivity index (χ4n) is 3.00. The summed E-state index contributed by atoms with van der Waals surface area (Å²) in [6.07, 6.45) is -1.57. The average molecular weight is 511 g/mol. The molecule has 0 spiro atoms. The zero-order valence-electron chi connectivity index (χ0n) is 22.8. The first-order valence-electron chi connectivity index (χ1n) is 11.8. The molecule has 0 bridgehead atoms. The van der Waals surface area contributed by atoms with Crippen LogP contribution in [0.25, 0.3) is 0 Å². The van der Waals surface area contributed by atoms with Gasteiger partial charge in [0, 0.05) is 36.0 Å². The van der Waals surface area contributed by atoms with E-state index in [4.69, 9.17) is 0 Å². The monoisotopic (exact) mass is 510 g/mol. The van der Waals surface area contributed by atoms with Crippen LogP contribution in [0.4, 0.5) is 0 Å². The SMILES string of the molecule is CC(C)(O)C(C)(O)CC(=O)c1cc(C(=O)CC(C)(O)C(C)(C)O)cc(C(=O)CC(C)(O)C(C)(C)O)c1. The minimum atomic E-state index is -1.83. The number of hydrogen-bond donors (Lipinski definition) is 6. The molecule has 0 aliphatic heterocycles. The maximum atomic E-state index is 13.1. The van der Waals surface area contributed by atoms with Crippen LogP contribution < -0.4 is 0 Å². The quantitative estimate of drug-likeness (QED) is 0.230. The molecular formula is C27H42O9. The predicted octanol–water partition coefficient (Wildman–Crippen LogP) is 1.97. The molecule has 6 N–H and O–H groups in total. The Morgan fingerprint density at radius 3 is 0.778 bits per heavy atom. The summed E-state index contributed by atoms with van der Waals surface area (Å²) in [5.41, 5.74) is -10.7. The van der Waals surface area contributed by atoms with Gasteiger partial charge in [-0.15, -0.1) is 0 Å². The number of aliphatic hydroxyl groups is 6. The average Bonchev–Trinajstić information content (AvgIpc) is 2.63. The zero-order valence-corrected chi connectivity index (χ0v) is 22.8. The van der Waals surface area contributed by atoms with Gasteiger partial charge in [-0.2, -0.15) is 0 Å². The molecule has 0 aliphatic carbocycles. The van der Waals surface area contributed by atoms with Crippen molar-refractivity contribution in [2.75, 3.05) is 0 Å². The van der Waals surface area contributed by atoms with Crippen LogP contribution >= 0.6 is 0 Å². The van der Waals surface area contributed by atoms with Crippen LogP contribution in [0.3, 0.4) is 0 Å². The molecule has 9 nitrogen and oxygen atoms in total. The normalized spacial score (nSPS) is 18.1. The number of Topliss-reactive ketones (excluding diaryl/α,β-unsaturated/α-hetero) is 3. The molecule has 0 amide bonds. The van der Waals surface area contributed by atoms with Crippen LogP contribution in [0.1, 0.15) is 113 Å². The fourth-order valence-corrected chi connectivity index (χ4v) is 3.00.